The maximum absolute atomic E-state index is 12.0. The van der Waals surface area contributed by atoms with Crippen molar-refractivity contribution in [3.05, 3.63) is 23.9 Å². The van der Waals surface area contributed by atoms with Gasteiger partial charge >= 0.3 is 11.9 Å². The monoisotopic (exact) mass is 281 g/mol. The lowest BCUT2D eigenvalue weighted by molar-refractivity contribution is -0.140. The molecule has 1 rings (SSSR count). The van der Waals surface area contributed by atoms with E-state index in [4.69, 9.17) is 10.2 Å². The van der Waals surface area contributed by atoms with Crippen LogP contribution in [-0.4, -0.2) is 65.1 Å². The lowest BCUT2D eigenvalue weighted by Gasteiger charge is -2.18. The summed E-state index contributed by atoms with van der Waals surface area (Å²) in [4.78, 5) is 39.9. The molecule has 1 aromatic rings. The molecule has 0 unspecified atom stereocenters. The van der Waals surface area contributed by atoms with E-state index < -0.39 is 30.9 Å². The Balaban J connectivity index is 2.93. The van der Waals surface area contributed by atoms with E-state index in [9.17, 15) is 14.4 Å². The highest BCUT2D eigenvalue weighted by Crippen LogP contribution is 2.10. The second-order valence-electron chi connectivity index (χ2n) is 4.25. The first kappa shape index (κ1) is 15.4. The van der Waals surface area contributed by atoms with Gasteiger partial charge in [0.2, 0.25) is 0 Å². The second kappa shape index (κ2) is 6.50. The smallest absolute Gasteiger partial charge is 0.323 e. The molecule has 1 aromatic heterocycles. The molecule has 0 spiro atoms. The van der Waals surface area contributed by atoms with E-state index >= 15 is 0 Å². The lowest BCUT2D eigenvalue weighted by atomic mass is 10.2. The van der Waals surface area contributed by atoms with E-state index in [-0.39, 0.29) is 5.56 Å². The molecular weight excluding hydrogens is 266 g/mol. The molecule has 1 amide bonds. The van der Waals surface area contributed by atoms with Crippen molar-refractivity contribution in [1.82, 2.24) is 9.88 Å². The molecule has 0 bridgehead atoms. The Morgan fingerprint density at radius 3 is 2.00 bits per heavy atom. The van der Waals surface area contributed by atoms with E-state index in [2.05, 4.69) is 4.98 Å². The third-order valence-corrected chi connectivity index (χ3v) is 2.39. The van der Waals surface area contributed by atoms with Gasteiger partial charge in [0.1, 0.15) is 18.9 Å². The van der Waals surface area contributed by atoms with Crippen LogP contribution in [0.5, 0.6) is 0 Å². The Kier molecular flexibility index (Phi) is 5.01. The van der Waals surface area contributed by atoms with Gasteiger partial charge in [-0.15, -0.1) is 0 Å². The Bertz CT molecular complexity index is 496. The molecule has 0 atom stereocenters. The number of hydrogen-bond acceptors (Lipinski definition) is 5. The summed E-state index contributed by atoms with van der Waals surface area (Å²) in [5, 5.41) is 17.4. The predicted molar refractivity (Wildman–Crippen MR) is 69.7 cm³/mol. The van der Waals surface area contributed by atoms with Crippen LogP contribution in [0.15, 0.2) is 18.3 Å². The van der Waals surface area contributed by atoms with Gasteiger partial charge in [-0.1, -0.05) is 0 Å². The fourth-order valence-electron chi connectivity index (χ4n) is 1.49. The molecule has 0 radical (unpaired) electrons. The summed E-state index contributed by atoms with van der Waals surface area (Å²) in [6.07, 6.45) is 1.29. The van der Waals surface area contributed by atoms with Crippen LogP contribution < -0.4 is 4.90 Å². The summed E-state index contributed by atoms with van der Waals surface area (Å²) in [5.74, 6) is -2.62. The van der Waals surface area contributed by atoms with Gasteiger partial charge in [-0.25, -0.2) is 4.98 Å². The zero-order valence-electron chi connectivity index (χ0n) is 11.1. The number of nitrogens with zero attached hydrogens (tertiary/aromatic N) is 3. The summed E-state index contributed by atoms with van der Waals surface area (Å²) in [5.41, 5.74) is 0.137. The van der Waals surface area contributed by atoms with Gasteiger partial charge in [0.25, 0.3) is 5.91 Å². The van der Waals surface area contributed by atoms with Gasteiger partial charge in [0.15, 0.2) is 0 Å². The number of hydrogen-bond donors (Lipinski definition) is 2. The van der Waals surface area contributed by atoms with Crippen molar-refractivity contribution in [3.63, 3.8) is 0 Å². The standard InChI is InChI=1S/C12H15N3O5/c1-14(2)9-4-3-8(5-13-9)12(20)15(6-10(16)17)7-11(18)19/h3-5H,6-7H2,1-2H3,(H,16,17)(H,18,19). The fourth-order valence-corrected chi connectivity index (χ4v) is 1.49. The quantitative estimate of drug-likeness (QED) is 0.740. The number of anilines is 1. The molecule has 0 saturated heterocycles. The molecule has 8 heteroatoms. The summed E-state index contributed by atoms with van der Waals surface area (Å²) in [6, 6.07) is 3.06. The third-order valence-electron chi connectivity index (χ3n) is 2.39. The van der Waals surface area contributed by atoms with Crippen molar-refractivity contribution >= 4 is 23.7 Å². The first-order valence-corrected chi connectivity index (χ1v) is 5.67. The summed E-state index contributed by atoms with van der Waals surface area (Å²) < 4.78 is 0. The zero-order chi connectivity index (χ0) is 15.3. The zero-order valence-corrected chi connectivity index (χ0v) is 11.1. The van der Waals surface area contributed by atoms with E-state index in [1.54, 1.807) is 25.1 Å². The van der Waals surface area contributed by atoms with Crippen molar-refractivity contribution in [2.75, 3.05) is 32.1 Å². The Morgan fingerprint density at radius 1 is 1.10 bits per heavy atom. The second-order valence-corrected chi connectivity index (χ2v) is 4.25. The molecule has 0 fully saturated rings. The molecule has 0 aliphatic heterocycles. The van der Waals surface area contributed by atoms with E-state index in [0.717, 1.165) is 4.90 Å². The summed E-state index contributed by atoms with van der Waals surface area (Å²) in [6.45, 7) is -1.36. The Morgan fingerprint density at radius 2 is 1.65 bits per heavy atom. The summed E-state index contributed by atoms with van der Waals surface area (Å²) >= 11 is 0. The van der Waals surface area contributed by atoms with Gasteiger partial charge in [-0.2, -0.15) is 0 Å². The normalized spacial score (nSPS) is 9.90. The SMILES string of the molecule is CN(C)c1ccc(C(=O)N(CC(=O)O)CC(=O)O)cn1. The number of amides is 1. The first-order chi connectivity index (χ1) is 9.31. The van der Waals surface area contributed by atoms with Crippen LogP contribution in [0.2, 0.25) is 0 Å². The molecule has 1 heterocycles. The van der Waals surface area contributed by atoms with Crippen molar-refractivity contribution in [1.29, 1.82) is 0 Å². The van der Waals surface area contributed by atoms with Gasteiger partial charge in [-0.05, 0) is 12.1 Å². The maximum Gasteiger partial charge on any atom is 0.323 e. The number of aliphatic carboxylic acids is 2. The molecule has 108 valence electrons. The van der Waals surface area contributed by atoms with Crippen LogP contribution >= 0.6 is 0 Å². The van der Waals surface area contributed by atoms with Crippen LogP contribution in [0.3, 0.4) is 0 Å². The first-order valence-electron chi connectivity index (χ1n) is 5.67. The van der Waals surface area contributed by atoms with Gasteiger partial charge < -0.3 is 20.0 Å². The minimum absolute atomic E-state index is 0.137. The number of pyridine rings is 1. The number of aromatic nitrogens is 1. The molecule has 8 nitrogen and oxygen atoms in total. The average Bonchev–Trinajstić information content (AvgIpc) is 2.36. The highest BCUT2D eigenvalue weighted by molar-refractivity contribution is 5.97. The van der Waals surface area contributed by atoms with E-state index in [1.807, 2.05) is 0 Å². The highest BCUT2D eigenvalue weighted by Gasteiger charge is 2.21. The molecule has 2 N–H and O–H groups in total. The van der Waals surface area contributed by atoms with Gasteiger partial charge in [0, 0.05) is 20.3 Å². The van der Waals surface area contributed by atoms with Crippen molar-refractivity contribution in [2.45, 2.75) is 0 Å². The third kappa shape index (κ3) is 4.23. The Labute approximate surface area is 115 Å². The predicted octanol–water partition coefficient (Wildman–Crippen LogP) is -0.241. The van der Waals surface area contributed by atoms with Crippen molar-refractivity contribution < 1.29 is 24.6 Å². The lowest BCUT2D eigenvalue weighted by Crippen LogP contribution is -2.39. The number of carboxylic acids is 2. The highest BCUT2D eigenvalue weighted by atomic mass is 16.4. The molecule has 0 saturated carbocycles. The number of rotatable bonds is 6. The summed E-state index contributed by atoms with van der Waals surface area (Å²) in [7, 11) is 3.57. The van der Waals surface area contributed by atoms with Crippen LogP contribution in [0, 0.1) is 0 Å². The maximum atomic E-state index is 12.0. The van der Waals surface area contributed by atoms with Gasteiger partial charge in [-0.3, -0.25) is 14.4 Å². The minimum atomic E-state index is -1.28. The number of carbonyl (C=O) groups excluding carboxylic acids is 1. The number of carboxylic acid groups (broad SMARTS) is 2. The largest absolute Gasteiger partial charge is 0.480 e. The fraction of sp³-hybridized carbons (Fsp3) is 0.333. The molecular formula is C12H15N3O5. The molecule has 20 heavy (non-hydrogen) atoms. The molecule has 0 aromatic carbocycles. The van der Waals surface area contributed by atoms with Crippen molar-refractivity contribution in [2.24, 2.45) is 0 Å². The van der Waals surface area contributed by atoms with Crippen LogP contribution in [0.1, 0.15) is 10.4 Å². The average molecular weight is 281 g/mol. The molecule has 0 aliphatic rings. The Hall–Kier alpha value is -2.64. The van der Waals surface area contributed by atoms with Crippen LogP contribution in [-0.2, 0) is 9.59 Å². The number of carbonyl (C=O) groups is 3. The minimum Gasteiger partial charge on any atom is -0.480 e. The van der Waals surface area contributed by atoms with Crippen LogP contribution in [0.4, 0.5) is 5.82 Å². The van der Waals surface area contributed by atoms with E-state index in [1.165, 1.54) is 12.3 Å². The van der Waals surface area contributed by atoms with Crippen LogP contribution in [0.25, 0.3) is 0 Å². The topological polar surface area (TPSA) is 111 Å². The molecule has 0 aliphatic carbocycles. The van der Waals surface area contributed by atoms with E-state index in [0.29, 0.717) is 5.82 Å². The van der Waals surface area contributed by atoms with Crippen molar-refractivity contribution in [3.8, 4) is 0 Å². The van der Waals surface area contributed by atoms with Gasteiger partial charge in [0.05, 0.1) is 5.56 Å².